The molecule has 0 aliphatic carbocycles. The third-order valence-electron chi connectivity index (χ3n) is 4.08. The number of ether oxygens (including phenoxy) is 2. The minimum Gasteiger partial charge on any atom is -0.490 e. The van der Waals surface area contributed by atoms with Crippen LogP contribution in [0.3, 0.4) is 0 Å². The van der Waals surface area contributed by atoms with Crippen LogP contribution in [-0.4, -0.2) is 46.0 Å². The molecule has 7 heteroatoms. The number of benzene rings is 1. The largest absolute Gasteiger partial charge is 0.490 e. The van der Waals surface area contributed by atoms with E-state index in [9.17, 15) is 9.90 Å². The number of aromatic nitrogens is 2. The number of hydrogen-bond donors (Lipinski definition) is 2. The van der Waals surface area contributed by atoms with Crippen molar-refractivity contribution in [2.75, 3.05) is 13.2 Å². The molecule has 0 aliphatic rings. The predicted molar refractivity (Wildman–Crippen MR) is 111 cm³/mol. The lowest BCUT2D eigenvalue weighted by Crippen LogP contribution is -2.44. The SMILES string of the molecule is CC(C)(C)OC(=O)N[C@@H](CO)COc1cncc(-c2ccc3cnccc3c2)c1. The van der Waals surface area contributed by atoms with Gasteiger partial charge in [-0.2, -0.15) is 0 Å². The summed E-state index contributed by atoms with van der Waals surface area (Å²) in [6, 6.07) is 9.32. The van der Waals surface area contributed by atoms with Crippen LogP contribution in [0.15, 0.2) is 55.1 Å². The summed E-state index contributed by atoms with van der Waals surface area (Å²) in [7, 11) is 0. The molecule has 0 radical (unpaired) electrons. The van der Waals surface area contributed by atoms with Crippen LogP contribution in [0, 0.1) is 0 Å². The first-order valence-corrected chi connectivity index (χ1v) is 9.36. The lowest BCUT2D eigenvalue weighted by molar-refractivity contribution is 0.0458. The summed E-state index contributed by atoms with van der Waals surface area (Å²) in [5.74, 6) is 0.543. The highest BCUT2D eigenvalue weighted by molar-refractivity contribution is 5.86. The number of aliphatic hydroxyl groups excluding tert-OH is 1. The van der Waals surface area contributed by atoms with Gasteiger partial charge in [0.1, 0.15) is 18.0 Å². The number of hydrogen-bond acceptors (Lipinski definition) is 6. The van der Waals surface area contributed by atoms with Crippen LogP contribution in [0.1, 0.15) is 20.8 Å². The Balaban J connectivity index is 1.66. The van der Waals surface area contributed by atoms with Gasteiger partial charge in [0.15, 0.2) is 0 Å². The van der Waals surface area contributed by atoms with E-state index in [4.69, 9.17) is 9.47 Å². The van der Waals surface area contributed by atoms with Crippen molar-refractivity contribution in [1.29, 1.82) is 0 Å². The van der Waals surface area contributed by atoms with Crippen LogP contribution in [0.4, 0.5) is 4.79 Å². The summed E-state index contributed by atoms with van der Waals surface area (Å²) in [4.78, 5) is 20.2. The summed E-state index contributed by atoms with van der Waals surface area (Å²) in [5, 5.41) is 14.3. The van der Waals surface area contributed by atoms with E-state index in [0.717, 1.165) is 21.9 Å². The summed E-state index contributed by atoms with van der Waals surface area (Å²) in [6.07, 6.45) is 6.34. The van der Waals surface area contributed by atoms with E-state index in [1.807, 2.05) is 30.5 Å². The zero-order chi connectivity index (χ0) is 20.9. The van der Waals surface area contributed by atoms with Gasteiger partial charge in [-0.3, -0.25) is 9.97 Å². The summed E-state index contributed by atoms with van der Waals surface area (Å²) < 4.78 is 10.9. The van der Waals surface area contributed by atoms with Gasteiger partial charge in [0, 0.05) is 29.5 Å². The van der Waals surface area contributed by atoms with Crippen LogP contribution in [-0.2, 0) is 4.74 Å². The monoisotopic (exact) mass is 395 g/mol. The fourth-order valence-corrected chi connectivity index (χ4v) is 2.73. The molecule has 2 aromatic heterocycles. The molecule has 0 saturated carbocycles. The molecule has 1 atom stereocenters. The molecule has 0 saturated heterocycles. The van der Waals surface area contributed by atoms with Crippen LogP contribution in [0.5, 0.6) is 5.75 Å². The van der Waals surface area contributed by atoms with E-state index in [1.54, 1.807) is 39.4 Å². The first-order valence-electron chi connectivity index (χ1n) is 9.36. The van der Waals surface area contributed by atoms with Gasteiger partial charge in [-0.25, -0.2) is 4.79 Å². The number of alkyl carbamates (subject to hydrolysis) is 1. The molecule has 2 N–H and O–H groups in total. The van der Waals surface area contributed by atoms with E-state index in [2.05, 4.69) is 21.4 Å². The molecule has 7 nitrogen and oxygen atoms in total. The summed E-state index contributed by atoms with van der Waals surface area (Å²) in [6.45, 7) is 5.14. The number of carbonyl (C=O) groups is 1. The Hall–Kier alpha value is -3.19. The topological polar surface area (TPSA) is 93.6 Å². The molecule has 3 rings (SSSR count). The number of aliphatic hydroxyl groups is 1. The molecule has 0 unspecified atom stereocenters. The van der Waals surface area contributed by atoms with Gasteiger partial charge in [-0.1, -0.05) is 12.1 Å². The van der Waals surface area contributed by atoms with Gasteiger partial charge >= 0.3 is 6.09 Å². The number of nitrogens with zero attached hydrogens (tertiary/aromatic N) is 2. The molecule has 1 aromatic carbocycles. The van der Waals surface area contributed by atoms with Crippen molar-refractivity contribution in [3.8, 4) is 16.9 Å². The molecule has 0 fully saturated rings. The van der Waals surface area contributed by atoms with Crippen molar-refractivity contribution in [3.63, 3.8) is 0 Å². The van der Waals surface area contributed by atoms with Gasteiger partial charge in [-0.15, -0.1) is 0 Å². The second-order valence-corrected chi connectivity index (χ2v) is 7.68. The Morgan fingerprint density at radius 3 is 2.66 bits per heavy atom. The number of fused-ring (bicyclic) bond motifs is 1. The van der Waals surface area contributed by atoms with E-state index < -0.39 is 17.7 Å². The molecule has 0 aliphatic heterocycles. The molecular formula is C22H25N3O4. The normalized spacial score (nSPS) is 12.4. The number of amides is 1. The van der Waals surface area contributed by atoms with Crippen LogP contribution in [0.2, 0.25) is 0 Å². The predicted octanol–water partition coefficient (Wildman–Crippen LogP) is 3.56. The van der Waals surface area contributed by atoms with Crippen molar-refractivity contribution in [2.45, 2.75) is 32.4 Å². The lowest BCUT2D eigenvalue weighted by atomic mass is 10.0. The van der Waals surface area contributed by atoms with E-state index >= 15 is 0 Å². The highest BCUT2D eigenvalue weighted by Gasteiger charge is 2.19. The van der Waals surface area contributed by atoms with Crippen molar-refractivity contribution < 1.29 is 19.4 Å². The number of pyridine rings is 2. The Labute approximate surface area is 169 Å². The summed E-state index contributed by atoms with van der Waals surface area (Å²) in [5.41, 5.74) is 1.30. The Kier molecular flexibility index (Phi) is 6.29. The molecule has 152 valence electrons. The average Bonchev–Trinajstić information content (AvgIpc) is 2.69. The maximum absolute atomic E-state index is 11.9. The van der Waals surface area contributed by atoms with E-state index in [0.29, 0.717) is 5.75 Å². The maximum atomic E-state index is 11.9. The zero-order valence-corrected chi connectivity index (χ0v) is 16.8. The molecule has 2 heterocycles. The zero-order valence-electron chi connectivity index (χ0n) is 16.8. The smallest absolute Gasteiger partial charge is 0.408 e. The quantitative estimate of drug-likeness (QED) is 0.663. The fraction of sp³-hybridized carbons (Fsp3) is 0.318. The molecule has 1 amide bonds. The maximum Gasteiger partial charge on any atom is 0.408 e. The van der Waals surface area contributed by atoms with Crippen LogP contribution >= 0.6 is 0 Å². The number of rotatable bonds is 6. The fourth-order valence-electron chi connectivity index (χ4n) is 2.73. The molecule has 0 bridgehead atoms. The third kappa shape index (κ3) is 5.89. The Morgan fingerprint density at radius 2 is 1.90 bits per heavy atom. The van der Waals surface area contributed by atoms with Gasteiger partial charge in [0.2, 0.25) is 0 Å². The van der Waals surface area contributed by atoms with Crippen molar-refractivity contribution in [3.05, 3.63) is 55.1 Å². The average molecular weight is 395 g/mol. The lowest BCUT2D eigenvalue weighted by Gasteiger charge is -2.22. The van der Waals surface area contributed by atoms with Crippen LogP contribution in [0.25, 0.3) is 21.9 Å². The van der Waals surface area contributed by atoms with Crippen molar-refractivity contribution in [2.24, 2.45) is 0 Å². The van der Waals surface area contributed by atoms with E-state index in [-0.39, 0.29) is 13.2 Å². The standard InChI is InChI=1S/C22H25N3O4/c1-22(2,3)29-21(27)25-19(13-26)14-28-20-9-18(11-24-12-20)15-4-5-17-10-23-7-6-16(17)8-15/h4-12,19,26H,13-14H2,1-3H3,(H,25,27)/t19-/m0/s1. The Bertz CT molecular complexity index is 985. The second kappa shape index (κ2) is 8.87. The van der Waals surface area contributed by atoms with Crippen LogP contribution < -0.4 is 10.1 Å². The first-order chi connectivity index (χ1) is 13.8. The van der Waals surface area contributed by atoms with Crippen molar-refractivity contribution >= 4 is 16.9 Å². The highest BCUT2D eigenvalue weighted by Crippen LogP contribution is 2.26. The summed E-state index contributed by atoms with van der Waals surface area (Å²) >= 11 is 0. The molecular weight excluding hydrogens is 370 g/mol. The number of carbonyl (C=O) groups excluding carboxylic acids is 1. The van der Waals surface area contributed by atoms with Gasteiger partial charge in [0.25, 0.3) is 0 Å². The minimum atomic E-state index is -0.612. The Morgan fingerprint density at radius 1 is 1.07 bits per heavy atom. The first kappa shape index (κ1) is 20.5. The van der Waals surface area contributed by atoms with Gasteiger partial charge in [0.05, 0.1) is 18.8 Å². The molecule has 0 spiro atoms. The van der Waals surface area contributed by atoms with E-state index in [1.165, 1.54) is 0 Å². The van der Waals surface area contributed by atoms with Gasteiger partial charge < -0.3 is 19.9 Å². The minimum absolute atomic E-state index is 0.0876. The third-order valence-corrected chi connectivity index (χ3v) is 4.08. The highest BCUT2D eigenvalue weighted by atomic mass is 16.6. The van der Waals surface area contributed by atoms with Crippen molar-refractivity contribution in [1.82, 2.24) is 15.3 Å². The number of nitrogens with one attached hydrogen (secondary N) is 1. The second-order valence-electron chi connectivity index (χ2n) is 7.68. The molecule has 3 aromatic rings. The van der Waals surface area contributed by atoms with Gasteiger partial charge in [-0.05, 0) is 49.9 Å². The molecule has 29 heavy (non-hydrogen) atoms.